The van der Waals surface area contributed by atoms with Crippen molar-refractivity contribution in [2.24, 2.45) is 11.7 Å². The second kappa shape index (κ2) is 5.97. The molecule has 0 spiro atoms. The predicted molar refractivity (Wildman–Crippen MR) is 66.3 cm³/mol. The molecule has 1 saturated heterocycles. The number of hydrogen-bond donors (Lipinski definition) is 1. The van der Waals surface area contributed by atoms with Gasteiger partial charge in [-0.2, -0.15) is 0 Å². The van der Waals surface area contributed by atoms with Gasteiger partial charge in [0.25, 0.3) is 0 Å². The number of rotatable bonds is 4. The van der Waals surface area contributed by atoms with Gasteiger partial charge in [0.05, 0.1) is 0 Å². The highest BCUT2D eigenvalue weighted by molar-refractivity contribution is 7.84. The minimum absolute atomic E-state index is 0.316. The molecular weight excluding hydrogens is 208 g/mol. The Kier molecular flexibility index (Phi) is 5.23. The highest BCUT2D eigenvalue weighted by atomic mass is 32.2. The molecule has 1 heterocycles. The summed E-state index contributed by atoms with van der Waals surface area (Å²) in [5.74, 6) is 0.598. The van der Waals surface area contributed by atoms with Crippen LogP contribution in [0.4, 0.5) is 0 Å². The Labute approximate surface area is 95.9 Å². The minimum Gasteiger partial charge on any atom is -0.327 e. The SMILES string of the molecule is CC1CN(CCC(C)S(C)=O)CCC1N. The molecule has 4 atom stereocenters. The van der Waals surface area contributed by atoms with Crippen LogP contribution in [-0.4, -0.2) is 46.3 Å². The quantitative estimate of drug-likeness (QED) is 0.780. The largest absolute Gasteiger partial charge is 0.327 e. The van der Waals surface area contributed by atoms with Gasteiger partial charge in [0.2, 0.25) is 0 Å². The summed E-state index contributed by atoms with van der Waals surface area (Å²) in [5.41, 5.74) is 5.97. The highest BCUT2D eigenvalue weighted by Crippen LogP contribution is 2.15. The molecular formula is C11H24N2OS. The lowest BCUT2D eigenvalue weighted by molar-refractivity contribution is 0.163. The Balaban J connectivity index is 2.25. The van der Waals surface area contributed by atoms with Crippen LogP contribution in [0, 0.1) is 5.92 Å². The Morgan fingerprint density at radius 1 is 1.60 bits per heavy atom. The molecule has 0 radical (unpaired) electrons. The van der Waals surface area contributed by atoms with Crippen molar-refractivity contribution in [1.29, 1.82) is 0 Å². The molecule has 0 saturated carbocycles. The molecule has 0 aromatic carbocycles. The van der Waals surface area contributed by atoms with Gasteiger partial charge in [0.1, 0.15) is 0 Å². The summed E-state index contributed by atoms with van der Waals surface area (Å²) in [6, 6.07) is 0.374. The fourth-order valence-corrected chi connectivity index (χ4v) is 2.42. The molecule has 15 heavy (non-hydrogen) atoms. The second-order valence-corrected chi connectivity index (χ2v) is 6.63. The summed E-state index contributed by atoms with van der Waals surface area (Å²) < 4.78 is 11.2. The molecule has 0 aromatic heterocycles. The third-order valence-electron chi connectivity index (χ3n) is 3.47. The van der Waals surface area contributed by atoms with Crippen molar-refractivity contribution in [3.63, 3.8) is 0 Å². The van der Waals surface area contributed by atoms with E-state index in [1.807, 2.05) is 0 Å². The van der Waals surface area contributed by atoms with E-state index in [0.717, 1.165) is 32.5 Å². The van der Waals surface area contributed by atoms with E-state index in [-0.39, 0.29) is 0 Å². The van der Waals surface area contributed by atoms with Crippen molar-refractivity contribution in [3.8, 4) is 0 Å². The van der Waals surface area contributed by atoms with Gasteiger partial charge < -0.3 is 10.6 Å². The van der Waals surface area contributed by atoms with Crippen molar-refractivity contribution >= 4 is 10.8 Å². The summed E-state index contributed by atoms with van der Waals surface area (Å²) in [4.78, 5) is 2.46. The lowest BCUT2D eigenvalue weighted by Gasteiger charge is -2.35. The smallest absolute Gasteiger partial charge is 0.0329 e. The standard InChI is InChI=1S/C11H24N2OS/c1-9-8-13(7-5-11(9)12)6-4-10(2)15(3)14/h9-11H,4-8,12H2,1-3H3. The van der Waals surface area contributed by atoms with E-state index in [1.54, 1.807) is 6.26 Å². The van der Waals surface area contributed by atoms with Gasteiger partial charge >= 0.3 is 0 Å². The van der Waals surface area contributed by atoms with Gasteiger partial charge in [0.15, 0.2) is 0 Å². The van der Waals surface area contributed by atoms with Gasteiger partial charge in [0, 0.05) is 34.9 Å². The van der Waals surface area contributed by atoms with Crippen LogP contribution in [0.15, 0.2) is 0 Å². The molecule has 0 bridgehead atoms. The number of likely N-dealkylation sites (tertiary alicyclic amines) is 1. The number of nitrogens with zero attached hydrogens (tertiary/aromatic N) is 1. The zero-order valence-electron chi connectivity index (χ0n) is 10.1. The average molecular weight is 232 g/mol. The summed E-state index contributed by atoms with van der Waals surface area (Å²) in [7, 11) is -0.682. The van der Waals surface area contributed by atoms with E-state index < -0.39 is 10.8 Å². The third-order valence-corrected chi connectivity index (χ3v) is 4.84. The van der Waals surface area contributed by atoms with Crippen molar-refractivity contribution in [2.75, 3.05) is 25.9 Å². The van der Waals surface area contributed by atoms with Crippen molar-refractivity contribution < 1.29 is 4.21 Å². The fourth-order valence-electron chi connectivity index (χ4n) is 1.98. The first-order valence-electron chi connectivity index (χ1n) is 5.81. The maximum atomic E-state index is 11.2. The molecule has 90 valence electrons. The second-order valence-electron chi connectivity index (χ2n) is 4.83. The summed E-state index contributed by atoms with van der Waals surface area (Å²) >= 11 is 0. The molecule has 0 aliphatic carbocycles. The Hall–Kier alpha value is 0.0700. The van der Waals surface area contributed by atoms with E-state index in [9.17, 15) is 4.21 Å². The van der Waals surface area contributed by atoms with Crippen molar-refractivity contribution in [3.05, 3.63) is 0 Å². The average Bonchev–Trinajstić information content (AvgIpc) is 2.19. The van der Waals surface area contributed by atoms with E-state index in [4.69, 9.17) is 5.73 Å². The molecule has 1 fully saturated rings. The molecule has 4 unspecified atom stereocenters. The van der Waals surface area contributed by atoms with Gasteiger partial charge in [-0.25, -0.2) is 0 Å². The highest BCUT2D eigenvalue weighted by Gasteiger charge is 2.23. The van der Waals surface area contributed by atoms with Crippen LogP contribution in [0.1, 0.15) is 26.7 Å². The lowest BCUT2D eigenvalue weighted by Crippen LogP contribution is -2.46. The maximum Gasteiger partial charge on any atom is 0.0329 e. The van der Waals surface area contributed by atoms with Gasteiger partial charge in [-0.15, -0.1) is 0 Å². The molecule has 4 heteroatoms. The van der Waals surface area contributed by atoms with E-state index in [2.05, 4.69) is 18.7 Å². The van der Waals surface area contributed by atoms with E-state index >= 15 is 0 Å². The van der Waals surface area contributed by atoms with E-state index in [1.165, 1.54) is 0 Å². The van der Waals surface area contributed by atoms with Crippen molar-refractivity contribution in [2.45, 2.75) is 38.0 Å². The summed E-state index contributed by atoms with van der Waals surface area (Å²) in [6.07, 6.45) is 3.93. The number of piperidine rings is 1. The van der Waals surface area contributed by atoms with Crippen LogP contribution < -0.4 is 5.73 Å². The van der Waals surface area contributed by atoms with Gasteiger partial charge in [-0.05, 0) is 31.8 Å². The van der Waals surface area contributed by atoms with Crippen LogP contribution in [0.2, 0.25) is 0 Å². The molecule has 1 rings (SSSR count). The zero-order valence-corrected chi connectivity index (χ0v) is 10.9. The van der Waals surface area contributed by atoms with Crippen molar-refractivity contribution in [1.82, 2.24) is 4.90 Å². The van der Waals surface area contributed by atoms with Crippen LogP contribution >= 0.6 is 0 Å². The Morgan fingerprint density at radius 3 is 2.80 bits per heavy atom. The first-order valence-corrected chi connectivity index (χ1v) is 7.43. The molecule has 1 aliphatic heterocycles. The topological polar surface area (TPSA) is 46.3 Å². The number of hydrogen-bond acceptors (Lipinski definition) is 3. The molecule has 3 nitrogen and oxygen atoms in total. The van der Waals surface area contributed by atoms with Gasteiger partial charge in [-0.1, -0.05) is 13.8 Å². The predicted octanol–water partition coefficient (Wildman–Crippen LogP) is 0.813. The molecule has 0 amide bonds. The van der Waals surface area contributed by atoms with Crippen LogP contribution in [0.25, 0.3) is 0 Å². The lowest BCUT2D eigenvalue weighted by atomic mass is 9.95. The third kappa shape index (κ3) is 4.21. The van der Waals surface area contributed by atoms with Crippen LogP contribution in [-0.2, 0) is 10.8 Å². The summed E-state index contributed by atoms with van der Waals surface area (Å²) in [5, 5.41) is 0.316. The normalized spacial score (nSPS) is 32.5. The molecule has 0 aromatic rings. The zero-order chi connectivity index (χ0) is 11.4. The Bertz CT molecular complexity index is 223. The van der Waals surface area contributed by atoms with Gasteiger partial charge in [-0.3, -0.25) is 4.21 Å². The van der Waals surface area contributed by atoms with Crippen LogP contribution in [0.5, 0.6) is 0 Å². The van der Waals surface area contributed by atoms with E-state index in [0.29, 0.717) is 17.2 Å². The Morgan fingerprint density at radius 2 is 2.27 bits per heavy atom. The number of nitrogens with two attached hydrogens (primary N) is 1. The fraction of sp³-hybridized carbons (Fsp3) is 1.00. The maximum absolute atomic E-state index is 11.2. The monoisotopic (exact) mass is 232 g/mol. The molecule has 2 N–H and O–H groups in total. The van der Waals surface area contributed by atoms with Crippen LogP contribution in [0.3, 0.4) is 0 Å². The minimum atomic E-state index is -0.682. The molecule has 1 aliphatic rings. The first-order chi connectivity index (χ1) is 7.00. The first kappa shape index (κ1) is 13.1. The summed E-state index contributed by atoms with van der Waals surface area (Å²) in [6.45, 7) is 7.56.